The number of carbonyl (C=O) groups excluding carboxylic acids is 2. The number of hydrogen-bond donors (Lipinski definition) is 4. The first-order chi connectivity index (χ1) is 13.3. The van der Waals surface area contributed by atoms with Gasteiger partial charge < -0.3 is 16.0 Å². The van der Waals surface area contributed by atoms with Crippen molar-refractivity contribution in [1.82, 2.24) is 10.0 Å². The van der Waals surface area contributed by atoms with E-state index in [1.165, 1.54) is 19.2 Å². The van der Waals surface area contributed by atoms with Crippen molar-refractivity contribution >= 4 is 33.3 Å². The fraction of sp³-hybridized carbons (Fsp3) is 0.263. The lowest BCUT2D eigenvalue weighted by atomic mass is 10.1. The fourth-order valence-electron chi connectivity index (χ4n) is 2.63. The van der Waals surface area contributed by atoms with Crippen molar-refractivity contribution in [3.63, 3.8) is 0 Å². The van der Waals surface area contributed by atoms with Crippen LogP contribution >= 0.6 is 0 Å². The van der Waals surface area contributed by atoms with E-state index in [2.05, 4.69) is 20.7 Å². The molecule has 9 heteroatoms. The Balaban J connectivity index is 1.64. The van der Waals surface area contributed by atoms with Crippen LogP contribution in [-0.4, -0.2) is 33.4 Å². The van der Waals surface area contributed by atoms with Gasteiger partial charge in [-0.3, -0.25) is 4.79 Å². The highest BCUT2D eigenvalue weighted by Crippen LogP contribution is 2.21. The maximum absolute atomic E-state index is 12.4. The lowest BCUT2D eigenvalue weighted by Crippen LogP contribution is -2.30. The average molecular weight is 402 g/mol. The summed E-state index contributed by atoms with van der Waals surface area (Å²) in [5.41, 5.74) is 2.02. The summed E-state index contributed by atoms with van der Waals surface area (Å²) in [5, 5.41) is 8.27. The van der Waals surface area contributed by atoms with Crippen LogP contribution in [0, 0.1) is 6.92 Å². The van der Waals surface area contributed by atoms with Gasteiger partial charge in [-0.25, -0.2) is 17.9 Å². The number of carbonyl (C=O) groups is 2. The van der Waals surface area contributed by atoms with Gasteiger partial charge in [-0.1, -0.05) is 0 Å². The summed E-state index contributed by atoms with van der Waals surface area (Å²) in [7, 11) is -2.20. The van der Waals surface area contributed by atoms with Crippen LogP contribution in [0.3, 0.4) is 0 Å². The van der Waals surface area contributed by atoms with Gasteiger partial charge in [-0.05, 0) is 74.8 Å². The molecule has 0 spiro atoms. The third kappa shape index (κ3) is 4.87. The summed E-state index contributed by atoms with van der Waals surface area (Å²) in [6.07, 6.45) is 2.02. The number of hydrogen-bond acceptors (Lipinski definition) is 4. The molecule has 0 bridgehead atoms. The summed E-state index contributed by atoms with van der Waals surface area (Å²) in [4.78, 5) is 24.3. The smallest absolute Gasteiger partial charge is 0.319 e. The van der Waals surface area contributed by atoms with Gasteiger partial charge >= 0.3 is 6.03 Å². The van der Waals surface area contributed by atoms with Crippen molar-refractivity contribution in [2.24, 2.45) is 0 Å². The van der Waals surface area contributed by atoms with Crippen LogP contribution in [-0.2, 0) is 10.0 Å². The summed E-state index contributed by atoms with van der Waals surface area (Å²) in [6.45, 7) is 1.66. The van der Waals surface area contributed by atoms with E-state index < -0.39 is 10.0 Å². The highest BCUT2D eigenvalue weighted by atomic mass is 32.2. The second-order valence-corrected chi connectivity index (χ2v) is 8.45. The van der Waals surface area contributed by atoms with Crippen molar-refractivity contribution in [3.05, 3.63) is 53.6 Å². The van der Waals surface area contributed by atoms with Crippen LogP contribution < -0.4 is 20.7 Å². The van der Waals surface area contributed by atoms with Crippen LogP contribution in [0.5, 0.6) is 0 Å². The van der Waals surface area contributed by atoms with E-state index >= 15 is 0 Å². The number of urea groups is 1. The van der Waals surface area contributed by atoms with Gasteiger partial charge in [0.2, 0.25) is 10.0 Å². The van der Waals surface area contributed by atoms with Gasteiger partial charge in [0, 0.05) is 23.0 Å². The molecule has 0 radical (unpaired) electrons. The second kappa shape index (κ2) is 7.99. The van der Waals surface area contributed by atoms with Crippen molar-refractivity contribution in [1.29, 1.82) is 0 Å². The maximum Gasteiger partial charge on any atom is 0.319 e. The largest absolute Gasteiger partial charge is 0.335 e. The number of benzene rings is 2. The first-order valence-corrected chi connectivity index (χ1v) is 10.3. The molecule has 1 aliphatic carbocycles. The number of rotatable bonds is 6. The quantitative estimate of drug-likeness (QED) is 0.594. The van der Waals surface area contributed by atoms with Gasteiger partial charge in [0.1, 0.15) is 0 Å². The molecule has 3 rings (SSSR count). The van der Waals surface area contributed by atoms with Crippen LogP contribution in [0.15, 0.2) is 47.4 Å². The van der Waals surface area contributed by atoms with Crippen LogP contribution in [0.4, 0.5) is 16.2 Å². The number of anilines is 2. The molecule has 0 atom stereocenters. The maximum atomic E-state index is 12.4. The molecule has 2 aromatic rings. The Labute approximate surface area is 163 Å². The third-order valence-corrected chi connectivity index (χ3v) is 5.88. The molecule has 1 aliphatic rings. The zero-order valence-corrected chi connectivity index (χ0v) is 16.4. The number of aryl methyl sites for hydroxylation is 1. The molecular weight excluding hydrogens is 380 g/mol. The Morgan fingerprint density at radius 1 is 0.964 bits per heavy atom. The minimum Gasteiger partial charge on any atom is -0.335 e. The first kappa shape index (κ1) is 19.8. The molecule has 1 fully saturated rings. The summed E-state index contributed by atoms with van der Waals surface area (Å²) < 4.78 is 26.1. The standard InChI is InChI=1S/C19H22N4O4S/c1-12-11-16(9-10-17(12)28(26,27)20-2)21-18(24)13-3-5-14(6-4-13)22-19(25)23-15-7-8-15/h3-6,9-11,15,20H,7-8H2,1-2H3,(H,21,24)(H2,22,23,25). The van der Waals surface area contributed by atoms with E-state index in [9.17, 15) is 18.0 Å². The molecule has 0 aliphatic heterocycles. The average Bonchev–Trinajstić information content (AvgIpc) is 3.46. The van der Waals surface area contributed by atoms with E-state index in [1.54, 1.807) is 37.3 Å². The van der Waals surface area contributed by atoms with E-state index in [-0.39, 0.29) is 22.9 Å². The summed E-state index contributed by atoms with van der Waals surface area (Å²) >= 11 is 0. The first-order valence-electron chi connectivity index (χ1n) is 8.81. The molecule has 0 unspecified atom stereocenters. The lowest BCUT2D eigenvalue weighted by Gasteiger charge is -2.11. The number of amides is 3. The minimum absolute atomic E-state index is 0.160. The fourth-order valence-corrected chi connectivity index (χ4v) is 3.58. The lowest BCUT2D eigenvalue weighted by molar-refractivity contribution is 0.102. The predicted octanol–water partition coefficient (Wildman–Crippen LogP) is 2.44. The van der Waals surface area contributed by atoms with Gasteiger partial charge in [0.05, 0.1) is 4.90 Å². The zero-order chi connectivity index (χ0) is 20.3. The van der Waals surface area contributed by atoms with Crippen molar-refractivity contribution in [2.75, 3.05) is 17.7 Å². The van der Waals surface area contributed by atoms with Crippen molar-refractivity contribution < 1.29 is 18.0 Å². The molecule has 3 amide bonds. The Morgan fingerprint density at radius 2 is 1.61 bits per heavy atom. The molecule has 148 valence electrons. The highest BCUT2D eigenvalue weighted by Gasteiger charge is 2.23. The number of nitrogens with one attached hydrogen (secondary N) is 4. The van der Waals surface area contributed by atoms with E-state index in [0.29, 0.717) is 22.5 Å². The molecule has 1 saturated carbocycles. The van der Waals surface area contributed by atoms with Crippen molar-refractivity contribution in [2.45, 2.75) is 30.7 Å². The summed E-state index contributed by atoms with van der Waals surface area (Å²) in [6, 6.07) is 11.1. The van der Waals surface area contributed by atoms with E-state index in [1.807, 2.05) is 0 Å². The Morgan fingerprint density at radius 3 is 2.18 bits per heavy atom. The monoisotopic (exact) mass is 402 g/mol. The SMILES string of the molecule is CNS(=O)(=O)c1ccc(NC(=O)c2ccc(NC(=O)NC3CC3)cc2)cc1C. The molecule has 0 saturated heterocycles. The van der Waals surface area contributed by atoms with E-state index in [0.717, 1.165) is 12.8 Å². The second-order valence-electron chi connectivity index (χ2n) is 6.59. The Hall–Kier alpha value is -2.91. The minimum atomic E-state index is -3.55. The third-order valence-electron chi connectivity index (χ3n) is 4.31. The van der Waals surface area contributed by atoms with Gasteiger partial charge in [-0.15, -0.1) is 0 Å². The molecular formula is C19H22N4O4S. The van der Waals surface area contributed by atoms with Crippen LogP contribution in [0.2, 0.25) is 0 Å². The molecule has 0 heterocycles. The Kier molecular flexibility index (Phi) is 5.66. The molecule has 4 N–H and O–H groups in total. The Bertz CT molecular complexity index is 999. The predicted molar refractivity (Wildman–Crippen MR) is 107 cm³/mol. The highest BCUT2D eigenvalue weighted by molar-refractivity contribution is 7.89. The van der Waals surface area contributed by atoms with Gasteiger partial charge in [-0.2, -0.15) is 0 Å². The molecule has 8 nitrogen and oxygen atoms in total. The van der Waals surface area contributed by atoms with Crippen LogP contribution in [0.25, 0.3) is 0 Å². The van der Waals surface area contributed by atoms with Gasteiger partial charge in [0.15, 0.2) is 0 Å². The van der Waals surface area contributed by atoms with Crippen molar-refractivity contribution in [3.8, 4) is 0 Å². The van der Waals surface area contributed by atoms with Gasteiger partial charge in [0.25, 0.3) is 5.91 Å². The topological polar surface area (TPSA) is 116 Å². The zero-order valence-electron chi connectivity index (χ0n) is 15.6. The van der Waals surface area contributed by atoms with E-state index in [4.69, 9.17) is 0 Å². The molecule has 0 aromatic heterocycles. The summed E-state index contributed by atoms with van der Waals surface area (Å²) in [5.74, 6) is -0.336. The normalized spacial score (nSPS) is 13.6. The molecule has 28 heavy (non-hydrogen) atoms. The molecule has 2 aromatic carbocycles. The number of sulfonamides is 1. The van der Waals surface area contributed by atoms with Crippen LogP contribution in [0.1, 0.15) is 28.8 Å².